The lowest BCUT2D eigenvalue weighted by atomic mass is 9.89. The van der Waals surface area contributed by atoms with Crippen molar-refractivity contribution in [2.75, 3.05) is 0 Å². The van der Waals surface area contributed by atoms with Gasteiger partial charge in [-0.3, -0.25) is 0 Å². The monoisotopic (exact) mass is 578 g/mol. The Morgan fingerprint density at radius 2 is 0.952 bits per heavy atom. The highest BCUT2D eigenvalue weighted by atomic mass is 16.6. The first-order valence-electron chi connectivity index (χ1n) is 12.8. The van der Waals surface area contributed by atoms with Crippen LogP contribution in [-0.2, 0) is 4.74 Å². The Labute approximate surface area is 237 Å². The number of ether oxygens (including phenoxy) is 3. The van der Waals surface area contributed by atoms with Gasteiger partial charge in [-0.15, -0.1) is 0 Å². The van der Waals surface area contributed by atoms with Crippen molar-refractivity contribution in [3.05, 3.63) is 89.0 Å². The van der Waals surface area contributed by atoms with E-state index in [4.69, 9.17) is 14.2 Å². The van der Waals surface area contributed by atoms with Crippen LogP contribution >= 0.6 is 0 Å². The van der Waals surface area contributed by atoms with E-state index in [1.54, 1.807) is 0 Å². The van der Waals surface area contributed by atoms with Crippen LogP contribution in [0.15, 0.2) is 66.7 Å². The third-order valence-corrected chi connectivity index (χ3v) is 7.47. The van der Waals surface area contributed by atoms with Gasteiger partial charge in [-0.05, 0) is 59.7 Å². The topological polar surface area (TPSA) is 210 Å². The van der Waals surface area contributed by atoms with Gasteiger partial charge < -0.3 is 60.2 Å². The zero-order valence-corrected chi connectivity index (χ0v) is 21.6. The minimum absolute atomic E-state index is 0.0333. The molecule has 0 unspecified atom stereocenters. The SMILES string of the molecule is Oc1ccc([C@H]2Oc3c(ccc(O)c3O)[C@@H](O[C@H]3c4ccc(O)c(O)c4O[C@H](c4ccc(O)c(O)c4)[C@@H]3O)[C@H]2O)cc1. The Morgan fingerprint density at radius 3 is 1.45 bits per heavy atom. The van der Waals surface area contributed by atoms with E-state index >= 15 is 0 Å². The lowest BCUT2D eigenvalue weighted by molar-refractivity contribution is -0.175. The fraction of sp³-hybridized carbons (Fsp3) is 0.200. The van der Waals surface area contributed by atoms with Crippen molar-refractivity contribution in [2.24, 2.45) is 0 Å². The molecule has 0 aromatic heterocycles. The smallest absolute Gasteiger partial charge is 0.200 e. The largest absolute Gasteiger partial charge is 0.508 e. The molecule has 6 atom stereocenters. The molecule has 6 rings (SSSR count). The number of aliphatic hydroxyl groups is 2. The fourth-order valence-electron chi connectivity index (χ4n) is 5.30. The zero-order valence-electron chi connectivity index (χ0n) is 21.6. The minimum Gasteiger partial charge on any atom is -0.508 e. The number of aliphatic hydroxyl groups excluding tert-OH is 2. The molecule has 9 N–H and O–H groups in total. The van der Waals surface area contributed by atoms with Gasteiger partial charge in [0.2, 0.25) is 11.5 Å². The number of hydrogen-bond donors (Lipinski definition) is 9. The molecule has 0 spiro atoms. The summed E-state index contributed by atoms with van der Waals surface area (Å²) in [6.07, 6.45) is -8.12. The molecule has 4 aromatic rings. The van der Waals surface area contributed by atoms with Crippen LogP contribution in [0.1, 0.15) is 46.7 Å². The molecule has 0 aliphatic carbocycles. The second kappa shape index (κ2) is 10.1. The van der Waals surface area contributed by atoms with Gasteiger partial charge in [-0.2, -0.15) is 0 Å². The van der Waals surface area contributed by atoms with Crippen molar-refractivity contribution < 1.29 is 60.2 Å². The molecule has 12 heteroatoms. The van der Waals surface area contributed by atoms with Crippen molar-refractivity contribution in [2.45, 2.75) is 36.6 Å². The van der Waals surface area contributed by atoms with Gasteiger partial charge >= 0.3 is 0 Å². The summed E-state index contributed by atoms with van der Waals surface area (Å²) >= 11 is 0. The highest BCUT2D eigenvalue weighted by molar-refractivity contribution is 5.58. The molecular formula is C30H26O12. The van der Waals surface area contributed by atoms with E-state index in [0.717, 1.165) is 6.07 Å². The van der Waals surface area contributed by atoms with Gasteiger partial charge in [0.05, 0.1) is 0 Å². The van der Waals surface area contributed by atoms with E-state index < -0.39 is 71.1 Å². The lowest BCUT2D eigenvalue weighted by Gasteiger charge is -2.42. The maximum atomic E-state index is 11.6. The van der Waals surface area contributed by atoms with Crippen molar-refractivity contribution in [3.8, 4) is 51.7 Å². The van der Waals surface area contributed by atoms with E-state index in [2.05, 4.69) is 0 Å². The molecule has 2 aliphatic rings. The van der Waals surface area contributed by atoms with Gasteiger partial charge in [-0.1, -0.05) is 18.2 Å². The quantitative estimate of drug-likeness (QED) is 0.160. The second-order valence-electron chi connectivity index (χ2n) is 10.1. The van der Waals surface area contributed by atoms with Gasteiger partial charge in [0.25, 0.3) is 0 Å². The van der Waals surface area contributed by atoms with E-state index in [1.165, 1.54) is 60.7 Å². The van der Waals surface area contributed by atoms with Gasteiger partial charge in [0, 0.05) is 11.1 Å². The van der Waals surface area contributed by atoms with Crippen molar-refractivity contribution in [1.82, 2.24) is 0 Å². The number of phenols is 7. The lowest BCUT2D eigenvalue weighted by Crippen LogP contribution is -2.41. The molecule has 0 amide bonds. The predicted molar refractivity (Wildman–Crippen MR) is 143 cm³/mol. The number of aromatic hydroxyl groups is 7. The summed E-state index contributed by atoms with van der Waals surface area (Å²) < 4.78 is 18.2. The minimum atomic E-state index is -1.54. The van der Waals surface area contributed by atoms with Crippen LogP contribution in [0, 0.1) is 0 Å². The van der Waals surface area contributed by atoms with Crippen LogP contribution in [0.4, 0.5) is 0 Å². The van der Waals surface area contributed by atoms with Crippen LogP contribution in [0.3, 0.4) is 0 Å². The zero-order chi connectivity index (χ0) is 29.9. The molecular weight excluding hydrogens is 552 g/mol. The molecule has 0 bridgehead atoms. The Hall–Kier alpha value is -5.04. The Kier molecular flexibility index (Phi) is 6.53. The molecule has 0 saturated carbocycles. The normalized spacial score (nSPS) is 24.6. The molecule has 0 saturated heterocycles. The number of phenolic OH excluding ortho intramolecular Hbond substituents is 7. The van der Waals surface area contributed by atoms with Crippen LogP contribution in [0.2, 0.25) is 0 Å². The summed E-state index contributed by atoms with van der Waals surface area (Å²) in [5.41, 5.74) is 0.837. The molecule has 218 valence electrons. The molecule has 2 aliphatic heterocycles. The van der Waals surface area contributed by atoms with Crippen LogP contribution in [-0.4, -0.2) is 58.2 Å². The van der Waals surface area contributed by atoms with Crippen molar-refractivity contribution >= 4 is 0 Å². The average molecular weight is 579 g/mol. The van der Waals surface area contributed by atoms with Crippen LogP contribution in [0.25, 0.3) is 0 Å². The molecule has 4 aromatic carbocycles. The average Bonchev–Trinajstić information content (AvgIpc) is 2.97. The fourth-order valence-corrected chi connectivity index (χ4v) is 5.30. The Bertz CT molecular complexity index is 1650. The van der Waals surface area contributed by atoms with Crippen LogP contribution < -0.4 is 9.47 Å². The molecule has 12 nitrogen and oxygen atoms in total. The Morgan fingerprint density at radius 1 is 0.500 bits per heavy atom. The van der Waals surface area contributed by atoms with Gasteiger partial charge in [0.15, 0.2) is 46.7 Å². The van der Waals surface area contributed by atoms with Crippen molar-refractivity contribution in [1.29, 1.82) is 0 Å². The predicted octanol–water partition coefficient (Wildman–Crippen LogP) is 3.41. The maximum Gasteiger partial charge on any atom is 0.200 e. The highest BCUT2D eigenvalue weighted by Gasteiger charge is 2.47. The van der Waals surface area contributed by atoms with Gasteiger partial charge in [-0.25, -0.2) is 0 Å². The maximum absolute atomic E-state index is 11.6. The highest BCUT2D eigenvalue weighted by Crippen LogP contribution is 2.55. The second-order valence-corrected chi connectivity index (χ2v) is 10.1. The standard InChI is InChI=1S/C30H26O12/c31-14-4-1-12(2-5-14)25-23(38)29(15-6-9-18(33)21(36)27(15)40-25)42-30-16-7-10-19(34)22(37)28(16)41-26(24(30)39)13-3-8-17(32)20(35)11-13/h1-11,23-26,29-39H/t23-,24-,25+,26+,29+,30-/m0/s1. The molecule has 0 radical (unpaired) electrons. The van der Waals surface area contributed by atoms with E-state index in [1.807, 2.05) is 0 Å². The number of benzene rings is 4. The van der Waals surface area contributed by atoms with Gasteiger partial charge in [0.1, 0.15) is 30.2 Å². The van der Waals surface area contributed by atoms with E-state index in [-0.39, 0.29) is 33.9 Å². The summed E-state index contributed by atoms with van der Waals surface area (Å²) in [4.78, 5) is 0. The molecule has 2 heterocycles. The first kappa shape index (κ1) is 27.1. The first-order chi connectivity index (χ1) is 20.0. The number of rotatable bonds is 4. The summed E-state index contributed by atoms with van der Waals surface area (Å²) in [6.45, 7) is 0. The third kappa shape index (κ3) is 4.38. The summed E-state index contributed by atoms with van der Waals surface area (Å²) in [6, 6.07) is 14.6. The number of fused-ring (bicyclic) bond motifs is 2. The summed E-state index contributed by atoms with van der Waals surface area (Å²) in [7, 11) is 0. The number of hydrogen-bond acceptors (Lipinski definition) is 12. The van der Waals surface area contributed by atoms with E-state index in [0.29, 0.717) is 5.56 Å². The molecule has 42 heavy (non-hydrogen) atoms. The first-order valence-corrected chi connectivity index (χ1v) is 12.8. The molecule has 0 fully saturated rings. The van der Waals surface area contributed by atoms with Crippen molar-refractivity contribution in [3.63, 3.8) is 0 Å². The van der Waals surface area contributed by atoms with Crippen LogP contribution in [0.5, 0.6) is 51.7 Å². The summed E-state index contributed by atoms with van der Waals surface area (Å²) in [5.74, 6) is -3.60. The van der Waals surface area contributed by atoms with E-state index in [9.17, 15) is 46.0 Å². The Balaban J connectivity index is 1.46. The summed E-state index contributed by atoms with van der Waals surface area (Å²) in [5, 5.41) is 94.3. The third-order valence-electron chi connectivity index (χ3n) is 7.47.